The number of aliphatic carboxylic acids is 1. The third-order valence-electron chi connectivity index (χ3n) is 5.46. The molecule has 0 amide bonds. The summed E-state index contributed by atoms with van der Waals surface area (Å²) in [6.07, 6.45) is 4.12. The van der Waals surface area contributed by atoms with Crippen LogP contribution < -0.4 is 9.04 Å². The Morgan fingerprint density at radius 2 is 1.86 bits per heavy atom. The fourth-order valence-corrected chi connectivity index (χ4v) is 6.04. The highest BCUT2D eigenvalue weighted by Crippen LogP contribution is 2.36. The number of aryl methyl sites for hydroxylation is 3. The lowest BCUT2D eigenvalue weighted by molar-refractivity contribution is -0.131. The average Bonchev–Trinajstić information content (AvgIpc) is 3.33. The maximum absolute atomic E-state index is 13.5. The maximum Gasteiger partial charge on any atom is 0.328 e. The molecule has 0 bridgehead atoms. The lowest BCUT2D eigenvalue weighted by atomic mass is 10.0. The van der Waals surface area contributed by atoms with Gasteiger partial charge in [-0.1, -0.05) is 32.0 Å². The first-order valence-corrected chi connectivity index (χ1v) is 13.5. The highest BCUT2D eigenvalue weighted by Gasteiger charge is 2.30. The zero-order valence-electron chi connectivity index (χ0n) is 20.5. The molecule has 0 unspecified atom stereocenters. The third-order valence-corrected chi connectivity index (χ3v) is 8.42. The second-order valence-electron chi connectivity index (χ2n) is 8.78. The van der Waals surface area contributed by atoms with E-state index in [0.29, 0.717) is 11.4 Å². The molecule has 0 saturated heterocycles. The summed E-state index contributed by atoms with van der Waals surface area (Å²) < 4.78 is 34.7. The van der Waals surface area contributed by atoms with Gasteiger partial charge in [0.05, 0.1) is 5.69 Å². The minimum absolute atomic E-state index is 0.0446. The van der Waals surface area contributed by atoms with Crippen LogP contribution in [-0.2, 0) is 21.4 Å². The van der Waals surface area contributed by atoms with Crippen molar-refractivity contribution in [1.82, 2.24) is 4.98 Å². The second kappa shape index (κ2) is 11.0. The maximum atomic E-state index is 13.5. The van der Waals surface area contributed by atoms with Gasteiger partial charge in [0, 0.05) is 24.2 Å². The molecule has 0 radical (unpaired) electrons. The van der Waals surface area contributed by atoms with Gasteiger partial charge in [-0.2, -0.15) is 8.42 Å². The Morgan fingerprint density at radius 1 is 1.14 bits per heavy atom. The van der Waals surface area contributed by atoms with Crippen LogP contribution in [0, 0.1) is 26.7 Å². The molecule has 0 atom stereocenters. The van der Waals surface area contributed by atoms with E-state index in [1.807, 2.05) is 65.0 Å². The summed E-state index contributed by atoms with van der Waals surface area (Å²) in [7, 11) is -3.86. The van der Waals surface area contributed by atoms with Crippen LogP contribution in [0.15, 0.2) is 52.3 Å². The van der Waals surface area contributed by atoms with Gasteiger partial charge in [-0.25, -0.2) is 9.78 Å². The quantitative estimate of drug-likeness (QED) is 0.354. The summed E-state index contributed by atoms with van der Waals surface area (Å²) in [5, 5.41) is 10.5. The van der Waals surface area contributed by atoms with Crippen LogP contribution in [-0.4, -0.2) is 31.0 Å². The summed E-state index contributed by atoms with van der Waals surface area (Å²) in [6, 6.07) is 9.32. The number of nitrogens with zero attached hydrogens (tertiary/aromatic N) is 2. The van der Waals surface area contributed by atoms with Crippen LogP contribution in [0.5, 0.6) is 5.75 Å². The Bertz CT molecular complexity index is 1330. The van der Waals surface area contributed by atoms with Crippen LogP contribution in [0.25, 0.3) is 6.08 Å². The van der Waals surface area contributed by atoms with Crippen molar-refractivity contribution in [3.63, 3.8) is 0 Å². The zero-order chi connectivity index (χ0) is 25.8. The van der Waals surface area contributed by atoms with Crippen molar-refractivity contribution in [3.05, 3.63) is 75.8 Å². The topological polar surface area (TPSA) is 96.8 Å². The van der Waals surface area contributed by atoms with E-state index in [-0.39, 0.29) is 23.4 Å². The number of carboxylic acids is 1. The molecule has 0 aliphatic carbocycles. The summed E-state index contributed by atoms with van der Waals surface area (Å²) >= 11 is 1.09. The van der Waals surface area contributed by atoms with Gasteiger partial charge < -0.3 is 9.84 Å². The molecule has 9 heteroatoms. The number of aromatic nitrogens is 1. The highest BCUT2D eigenvalue weighted by molar-refractivity contribution is 7.94. The Balaban J connectivity index is 1.98. The predicted octanol–water partition coefficient (Wildman–Crippen LogP) is 5.60. The van der Waals surface area contributed by atoms with Gasteiger partial charge in [0.15, 0.2) is 0 Å². The Hall–Kier alpha value is -3.17. The summed E-state index contributed by atoms with van der Waals surface area (Å²) in [5.74, 6) is -0.452. The lowest BCUT2D eigenvalue weighted by Gasteiger charge is -2.28. The van der Waals surface area contributed by atoms with E-state index < -0.39 is 16.0 Å². The number of thiazole rings is 1. The lowest BCUT2D eigenvalue weighted by Crippen LogP contribution is -2.34. The van der Waals surface area contributed by atoms with Gasteiger partial charge in [-0.3, -0.25) is 4.31 Å². The fraction of sp³-hybridized carbons (Fsp3) is 0.308. The largest absolute Gasteiger partial charge is 0.487 e. The van der Waals surface area contributed by atoms with E-state index in [1.54, 1.807) is 5.38 Å². The molecule has 3 aromatic rings. The van der Waals surface area contributed by atoms with Crippen molar-refractivity contribution in [2.75, 3.05) is 10.8 Å². The standard InChI is InChI=1S/C26H30N2O5S2/c1-17(2)15-28(35(31,32)26-27-10-11-34-26)23-13-18(3)19(4)14-24(23)33-16-22-8-6-21(12-20(22)5)7-9-25(29)30/h6-14,17H,15-16H2,1-5H3,(H,29,30)/b9-7+. The smallest absolute Gasteiger partial charge is 0.328 e. The molecule has 1 aromatic heterocycles. The molecule has 0 fully saturated rings. The summed E-state index contributed by atoms with van der Waals surface area (Å²) in [5.41, 5.74) is 5.07. The van der Waals surface area contributed by atoms with Gasteiger partial charge in [0.25, 0.3) is 10.0 Å². The van der Waals surface area contributed by atoms with Crippen LogP contribution in [0.2, 0.25) is 0 Å². The zero-order valence-corrected chi connectivity index (χ0v) is 22.1. The number of sulfonamides is 1. The van der Waals surface area contributed by atoms with E-state index in [0.717, 1.165) is 45.2 Å². The summed E-state index contributed by atoms with van der Waals surface area (Å²) in [4.78, 5) is 14.8. The first-order chi connectivity index (χ1) is 16.5. The second-order valence-corrected chi connectivity index (χ2v) is 11.7. The molecule has 0 spiro atoms. The highest BCUT2D eigenvalue weighted by atomic mass is 32.2. The van der Waals surface area contributed by atoms with Crippen LogP contribution in [0.1, 0.15) is 41.7 Å². The molecule has 7 nitrogen and oxygen atoms in total. The molecule has 0 aliphatic heterocycles. The Morgan fingerprint density at radius 3 is 2.46 bits per heavy atom. The molecule has 1 heterocycles. The number of hydrogen-bond donors (Lipinski definition) is 1. The minimum atomic E-state index is -3.86. The van der Waals surface area contributed by atoms with Crippen LogP contribution in [0.3, 0.4) is 0 Å². The monoisotopic (exact) mass is 514 g/mol. The van der Waals surface area contributed by atoms with Gasteiger partial charge in [0.2, 0.25) is 4.34 Å². The minimum Gasteiger partial charge on any atom is -0.487 e. The first-order valence-electron chi connectivity index (χ1n) is 11.2. The molecule has 186 valence electrons. The molecule has 1 N–H and O–H groups in total. The number of anilines is 1. The summed E-state index contributed by atoms with van der Waals surface area (Å²) in [6.45, 7) is 10.3. The van der Waals surface area contributed by atoms with E-state index in [2.05, 4.69) is 4.98 Å². The van der Waals surface area contributed by atoms with E-state index in [9.17, 15) is 13.2 Å². The molecule has 0 aliphatic rings. The van der Waals surface area contributed by atoms with Gasteiger partial charge >= 0.3 is 5.97 Å². The molecule has 3 rings (SSSR count). The predicted molar refractivity (Wildman–Crippen MR) is 140 cm³/mol. The van der Waals surface area contributed by atoms with E-state index in [1.165, 1.54) is 16.6 Å². The van der Waals surface area contributed by atoms with Crippen molar-refractivity contribution < 1.29 is 23.1 Å². The molecule has 0 saturated carbocycles. The number of carboxylic acid groups (broad SMARTS) is 1. The van der Waals surface area contributed by atoms with E-state index >= 15 is 0 Å². The number of hydrogen-bond acceptors (Lipinski definition) is 6. The van der Waals surface area contributed by atoms with Gasteiger partial charge in [-0.05, 0) is 72.7 Å². The van der Waals surface area contributed by atoms with E-state index in [4.69, 9.17) is 9.84 Å². The van der Waals surface area contributed by atoms with Gasteiger partial charge in [-0.15, -0.1) is 11.3 Å². The number of rotatable bonds is 10. The number of ether oxygens (including phenoxy) is 1. The van der Waals surface area contributed by atoms with Crippen molar-refractivity contribution in [3.8, 4) is 5.75 Å². The number of carbonyl (C=O) groups is 1. The Kier molecular flexibility index (Phi) is 8.34. The molecule has 35 heavy (non-hydrogen) atoms. The normalized spacial score (nSPS) is 11.8. The number of benzene rings is 2. The van der Waals surface area contributed by atoms with Crippen molar-refractivity contribution in [2.45, 2.75) is 45.6 Å². The van der Waals surface area contributed by atoms with Crippen LogP contribution >= 0.6 is 11.3 Å². The average molecular weight is 515 g/mol. The van der Waals surface area contributed by atoms with Crippen LogP contribution in [0.4, 0.5) is 5.69 Å². The third kappa shape index (κ3) is 6.49. The molecular formula is C26H30N2O5S2. The molecular weight excluding hydrogens is 484 g/mol. The van der Waals surface area contributed by atoms with Crippen molar-refractivity contribution >= 4 is 39.1 Å². The van der Waals surface area contributed by atoms with Crippen molar-refractivity contribution in [1.29, 1.82) is 0 Å². The van der Waals surface area contributed by atoms with Crippen molar-refractivity contribution in [2.24, 2.45) is 5.92 Å². The fourth-order valence-electron chi connectivity index (χ4n) is 3.48. The first kappa shape index (κ1) is 26.4. The SMILES string of the molecule is Cc1cc(OCc2ccc(/C=C/C(=O)O)cc2C)c(N(CC(C)C)S(=O)(=O)c2nccs2)cc1C. The molecule has 2 aromatic carbocycles. The van der Waals surface area contributed by atoms with Gasteiger partial charge in [0.1, 0.15) is 12.4 Å². The Labute approximate surface area is 210 Å².